The van der Waals surface area contributed by atoms with Crippen molar-refractivity contribution in [1.29, 1.82) is 0 Å². The average molecular weight is 297 g/mol. The van der Waals surface area contributed by atoms with Gasteiger partial charge in [0.2, 0.25) is 0 Å². The van der Waals surface area contributed by atoms with E-state index < -0.39 is 0 Å². The van der Waals surface area contributed by atoms with Gasteiger partial charge in [0.1, 0.15) is 10.8 Å². The van der Waals surface area contributed by atoms with Gasteiger partial charge in [0.05, 0.1) is 5.02 Å². The maximum absolute atomic E-state index is 11.7. The number of aromatic hydroxyl groups is 1. The lowest BCUT2D eigenvalue weighted by atomic mass is 9.71. The topological polar surface area (TPSA) is 37.3 Å². The van der Waals surface area contributed by atoms with E-state index >= 15 is 0 Å². The average Bonchev–Trinajstić information content (AvgIpc) is 2.70. The van der Waals surface area contributed by atoms with Crippen molar-refractivity contribution < 1.29 is 9.90 Å². The van der Waals surface area contributed by atoms with E-state index in [1.807, 2.05) is 0 Å². The van der Waals surface area contributed by atoms with Crippen molar-refractivity contribution in [1.82, 2.24) is 0 Å². The van der Waals surface area contributed by atoms with Crippen molar-refractivity contribution in [3.8, 4) is 5.75 Å². The van der Waals surface area contributed by atoms with E-state index in [0.717, 1.165) is 36.0 Å². The van der Waals surface area contributed by atoms with Crippen LogP contribution in [0.4, 0.5) is 0 Å². The Hall–Kier alpha value is -0.990. The quantitative estimate of drug-likeness (QED) is 0.834. The highest BCUT2D eigenvalue weighted by atomic mass is 35.5. The summed E-state index contributed by atoms with van der Waals surface area (Å²) in [4.78, 5) is 11.7. The summed E-state index contributed by atoms with van der Waals surface area (Å²) in [5.41, 5.74) is 2.85. The van der Waals surface area contributed by atoms with Gasteiger partial charge in [0.25, 0.3) is 0 Å². The first-order valence-electron chi connectivity index (χ1n) is 6.44. The summed E-state index contributed by atoms with van der Waals surface area (Å²) in [5.74, 6) is 0.162. The van der Waals surface area contributed by atoms with Crippen LogP contribution in [0.25, 0.3) is 5.57 Å². The van der Waals surface area contributed by atoms with Gasteiger partial charge in [0, 0.05) is 17.4 Å². The molecule has 1 atom stereocenters. The van der Waals surface area contributed by atoms with Crippen molar-refractivity contribution in [2.24, 2.45) is 5.41 Å². The molecule has 2 nitrogen and oxygen atoms in total. The SMILES string of the molecule is CCC12CCC(=O)C=C1c1c(cc(O)c(Cl)c1Cl)C2. The lowest BCUT2D eigenvalue weighted by Crippen LogP contribution is -2.24. The summed E-state index contributed by atoms with van der Waals surface area (Å²) in [6.07, 6.45) is 4.93. The summed E-state index contributed by atoms with van der Waals surface area (Å²) in [7, 11) is 0. The van der Waals surface area contributed by atoms with Gasteiger partial charge in [-0.2, -0.15) is 0 Å². The first kappa shape index (κ1) is 13.0. The van der Waals surface area contributed by atoms with Crippen molar-refractivity contribution in [2.45, 2.75) is 32.6 Å². The third kappa shape index (κ3) is 1.73. The Morgan fingerprint density at radius 2 is 2.11 bits per heavy atom. The molecule has 100 valence electrons. The molecule has 0 saturated carbocycles. The zero-order chi connectivity index (χ0) is 13.8. The van der Waals surface area contributed by atoms with Gasteiger partial charge in [-0.15, -0.1) is 0 Å². The number of ketones is 1. The van der Waals surface area contributed by atoms with Crippen LogP contribution in [-0.4, -0.2) is 10.9 Å². The molecule has 0 saturated heterocycles. The summed E-state index contributed by atoms with van der Waals surface area (Å²) in [6, 6.07) is 1.69. The zero-order valence-corrected chi connectivity index (χ0v) is 12.1. The van der Waals surface area contributed by atoms with Crippen LogP contribution in [0.2, 0.25) is 10.0 Å². The number of hydrogen-bond donors (Lipinski definition) is 1. The number of fused-ring (bicyclic) bond motifs is 3. The minimum atomic E-state index is -0.0169. The molecule has 2 aliphatic carbocycles. The maximum atomic E-state index is 11.7. The Kier molecular flexibility index (Phi) is 2.91. The molecule has 1 aromatic carbocycles. The first-order valence-corrected chi connectivity index (χ1v) is 7.19. The lowest BCUT2D eigenvalue weighted by molar-refractivity contribution is -0.115. The molecule has 0 aliphatic heterocycles. The van der Waals surface area contributed by atoms with Crippen LogP contribution < -0.4 is 0 Å². The fraction of sp³-hybridized carbons (Fsp3) is 0.400. The Labute approximate surface area is 122 Å². The third-order valence-corrected chi connectivity index (χ3v) is 5.33. The van der Waals surface area contributed by atoms with Gasteiger partial charge in [-0.1, -0.05) is 30.1 Å². The Morgan fingerprint density at radius 3 is 2.79 bits per heavy atom. The van der Waals surface area contributed by atoms with E-state index in [2.05, 4.69) is 6.92 Å². The highest BCUT2D eigenvalue weighted by molar-refractivity contribution is 6.44. The van der Waals surface area contributed by atoms with Crippen LogP contribution in [0.5, 0.6) is 5.75 Å². The highest BCUT2D eigenvalue weighted by Gasteiger charge is 2.44. The largest absolute Gasteiger partial charge is 0.506 e. The van der Waals surface area contributed by atoms with Crippen LogP contribution in [0.1, 0.15) is 37.3 Å². The third-order valence-electron chi connectivity index (χ3n) is 4.47. The highest BCUT2D eigenvalue weighted by Crippen LogP contribution is 2.57. The number of carbonyl (C=O) groups is 1. The molecule has 19 heavy (non-hydrogen) atoms. The van der Waals surface area contributed by atoms with Crippen LogP contribution in [0.3, 0.4) is 0 Å². The predicted octanol–water partition coefficient (Wildman–Crippen LogP) is 4.40. The van der Waals surface area contributed by atoms with E-state index in [4.69, 9.17) is 23.2 Å². The number of phenolic OH excluding ortho intramolecular Hbond substituents is 1. The van der Waals surface area contributed by atoms with Gasteiger partial charge >= 0.3 is 0 Å². The Bertz CT molecular complexity index is 619. The molecule has 1 aromatic rings. The van der Waals surface area contributed by atoms with Gasteiger partial charge in [-0.3, -0.25) is 4.79 Å². The fourth-order valence-corrected chi connectivity index (χ4v) is 3.82. The second-order valence-electron chi connectivity index (χ2n) is 5.39. The van der Waals surface area contributed by atoms with Gasteiger partial charge in [0.15, 0.2) is 5.78 Å². The standard InChI is InChI=1S/C15H14Cl2O2/c1-2-15-4-3-9(18)6-10(15)12-8(7-15)5-11(19)13(16)14(12)17/h5-6,19H,2-4,7H2,1H3. The van der Waals surface area contributed by atoms with Crippen molar-refractivity contribution in [3.05, 3.63) is 33.3 Å². The molecule has 0 bridgehead atoms. The van der Waals surface area contributed by atoms with Gasteiger partial charge in [-0.05, 0) is 42.5 Å². The second-order valence-corrected chi connectivity index (χ2v) is 6.15. The van der Waals surface area contributed by atoms with Crippen LogP contribution in [0, 0.1) is 5.41 Å². The smallest absolute Gasteiger partial charge is 0.156 e. The summed E-state index contributed by atoms with van der Waals surface area (Å²) < 4.78 is 0. The number of halogens is 2. The summed E-state index contributed by atoms with van der Waals surface area (Å²) in [6.45, 7) is 2.13. The molecule has 2 aliphatic rings. The van der Waals surface area contributed by atoms with E-state index in [0.29, 0.717) is 11.4 Å². The first-order chi connectivity index (χ1) is 8.98. The molecule has 1 N–H and O–H groups in total. The minimum Gasteiger partial charge on any atom is -0.506 e. The lowest BCUT2D eigenvalue weighted by Gasteiger charge is -2.32. The van der Waals surface area contributed by atoms with Crippen molar-refractivity contribution >= 4 is 34.6 Å². The Morgan fingerprint density at radius 1 is 1.37 bits per heavy atom. The van der Waals surface area contributed by atoms with Crippen LogP contribution in [0.15, 0.2) is 12.1 Å². The predicted molar refractivity (Wildman–Crippen MR) is 76.8 cm³/mol. The number of rotatable bonds is 1. The molecule has 0 fully saturated rings. The number of benzene rings is 1. The molecule has 0 radical (unpaired) electrons. The maximum Gasteiger partial charge on any atom is 0.156 e. The van der Waals surface area contributed by atoms with Gasteiger partial charge < -0.3 is 5.11 Å². The van der Waals surface area contributed by atoms with Crippen LogP contribution in [-0.2, 0) is 11.2 Å². The number of allylic oxidation sites excluding steroid dienone is 2. The van der Waals surface area contributed by atoms with Gasteiger partial charge in [-0.25, -0.2) is 0 Å². The normalized spacial score (nSPS) is 25.0. The fourth-order valence-electron chi connectivity index (χ4n) is 3.36. The number of hydrogen-bond acceptors (Lipinski definition) is 2. The summed E-state index contributed by atoms with van der Waals surface area (Å²) >= 11 is 12.3. The van der Waals surface area contributed by atoms with Crippen molar-refractivity contribution in [2.75, 3.05) is 0 Å². The Balaban J connectivity index is 2.28. The molecule has 0 aromatic heterocycles. The van der Waals surface area contributed by atoms with E-state index in [-0.39, 0.29) is 22.0 Å². The molecular formula is C15H14Cl2O2. The minimum absolute atomic E-state index is 0.0160. The molecule has 4 heteroatoms. The van der Waals surface area contributed by atoms with E-state index in [1.165, 1.54) is 0 Å². The molecular weight excluding hydrogens is 283 g/mol. The zero-order valence-electron chi connectivity index (χ0n) is 10.6. The summed E-state index contributed by atoms with van der Waals surface area (Å²) in [5, 5.41) is 10.3. The molecule has 1 unspecified atom stereocenters. The number of phenols is 1. The molecule has 0 heterocycles. The second kappa shape index (κ2) is 4.26. The monoisotopic (exact) mass is 296 g/mol. The van der Waals surface area contributed by atoms with Crippen LogP contribution >= 0.6 is 23.2 Å². The molecule has 0 spiro atoms. The van der Waals surface area contributed by atoms with E-state index in [9.17, 15) is 9.90 Å². The van der Waals surface area contributed by atoms with Crippen molar-refractivity contribution in [3.63, 3.8) is 0 Å². The number of carbonyl (C=O) groups excluding carboxylic acids is 1. The molecule has 3 rings (SSSR count). The molecule has 0 amide bonds. The van der Waals surface area contributed by atoms with E-state index in [1.54, 1.807) is 12.1 Å².